The van der Waals surface area contributed by atoms with Gasteiger partial charge in [-0.15, -0.1) is 0 Å². The summed E-state index contributed by atoms with van der Waals surface area (Å²) in [4.78, 5) is 4.98. The van der Waals surface area contributed by atoms with E-state index in [1.807, 2.05) is 24.3 Å². The van der Waals surface area contributed by atoms with Crippen LogP contribution in [0.3, 0.4) is 0 Å². The number of sulfonamides is 1. The molecular weight excluding hydrogens is 370 g/mol. The van der Waals surface area contributed by atoms with E-state index in [1.165, 1.54) is 5.56 Å². The van der Waals surface area contributed by atoms with Crippen molar-refractivity contribution in [2.24, 2.45) is 0 Å². The van der Waals surface area contributed by atoms with Gasteiger partial charge in [0, 0.05) is 24.2 Å². The first-order valence-corrected chi connectivity index (χ1v) is 11.3. The number of hydrogen-bond donors (Lipinski definition) is 1. The molecule has 0 unspecified atom stereocenters. The van der Waals surface area contributed by atoms with Crippen LogP contribution < -0.4 is 5.32 Å². The molecule has 28 heavy (non-hydrogen) atoms. The molecule has 0 atom stereocenters. The molecule has 3 aromatic rings. The molecular formula is C22H25N3O2S. The number of anilines is 2. The summed E-state index contributed by atoms with van der Waals surface area (Å²) in [6.07, 6.45) is 3.98. The minimum absolute atomic E-state index is 0.347. The monoisotopic (exact) mass is 395 g/mol. The summed E-state index contributed by atoms with van der Waals surface area (Å²) in [5, 5.41) is 4.13. The lowest BCUT2D eigenvalue weighted by Gasteiger charge is -2.25. The highest BCUT2D eigenvalue weighted by molar-refractivity contribution is 7.89. The van der Waals surface area contributed by atoms with Gasteiger partial charge in [0.2, 0.25) is 10.0 Å². The zero-order chi connectivity index (χ0) is 19.6. The van der Waals surface area contributed by atoms with Crippen molar-refractivity contribution in [1.29, 1.82) is 0 Å². The minimum Gasteiger partial charge on any atom is -0.340 e. The number of nitrogens with zero attached hydrogens (tertiary/aromatic N) is 2. The van der Waals surface area contributed by atoms with E-state index in [-0.39, 0.29) is 0 Å². The summed E-state index contributed by atoms with van der Waals surface area (Å²) in [7, 11) is -3.43. The van der Waals surface area contributed by atoms with Gasteiger partial charge in [-0.2, -0.15) is 4.31 Å². The number of rotatable bonds is 5. The third-order valence-electron chi connectivity index (χ3n) is 5.25. The number of hydrogen-bond acceptors (Lipinski definition) is 4. The van der Waals surface area contributed by atoms with Gasteiger partial charge in [-0.05, 0) is 67.3 Å². The van der Waals surface area contributed by atoms with Gasteiger partial charge in [0.15, 0.2) is 0 Å². The van der Waals surface area contributed by atoms with Gasteiger partial charge in [0.1, 0.15) is 5.82 Å². The number of benzene rings is 2. The van der Waals surface area contributed by atoms with Crippen LogP contribution in [0.25, 0.3) is 10.9 Å². The Balaban J connectivity index is 1.58. The highest BCUT2D eigenvalue weighted by Gasteiger charge is 2.26. The predicted molar refractivity (Wildman–Crippen MR) is 113 cm³/mol. The predicted octanol–water partition coefficient (Wildman–Crippen LogP) is 4.72. The third-order valence-corrected chi connectivity index (χ3v) is 7.14. The smallest absolute Gasteiger partial charge is 0.243 e. The fraction of sp³-hybridized carbons (Fsp3) is 0.318. The van der Waals surface area contributed by atoms with Crippen LogP contribution in [-0.4, -0.2) is 30.8 Å². The lowest BCUT2D eigenvalue weighted by molar-refractivity contribution is 0.346. The molecule has 146 valence electrons. The Hall–Kier alpha value is -2.44. The molecule has 2 aromatic carbocycles. The van der Waals surface area contributed by atoms with Crippen LogP contribution in [0.4, 0.5) is 11.5 Å². The fourth-order valence-corrected chi connectivity index (χ4v) is 5.11. The number of nitrogens with one attached hydrogen (secondary N) is 1. The molecule has 1 N–H and O–H groups in total. The largest absolute Gasteiger partial charge is 0.340 e. The first kappa shape index (κ1) is 18.9. The standard InChI is InChI=1S/C22H25N3O2S/c1-2-17-6-9-19(10-7-17)23-22-13-8-18-16-20(11-12-21(18)24-22)28(26,27)25-14-4-3-5-15-25/h6-13,16H,2-5,14-15H2,1H3,(H,23,24). The van der Waals surface area contributed by atoms with Crippen molar-refractivity contribution in [2.45, 2.75) is 37.5 Å². The molecule has 0 spiro atoms. The molecule has 0 aliphatic carbocycles. The van der Waals surface area contributed by atoms with E-state index >= 15 is 0 Å². The van der Waals surface area contributed by atoms with E-state index in [0.717, 1.165) is 48.1 Å². The van der Waals surface area contributed by atoms with Crippen molar-refractivity contribution < 1.29 is 8.42 Å². The van der Waals surface area contributed by atoms with Crippen LogP contribution in [0.1, 0.15) is 31.7 Å². The molecule has 0 bridgehead atoms. The number of aromatic nitrogens is 1. The lowest BCUT2D eigenvalue weighted by atomic mass is 10.1. The molecule has 1 aromatic heterocycles. The van der Waals surface area contributed by atoms with Crippen molar-refractivity contribution in [2.75, 3.05) is 18.4 Å². The molecule has 1 saturated heterocycles. The third kappa shape index (κ3) is 3.88. The molecule has 6 heteroatoms. The summed E-state index contributed by atoms with van der Waals surface area (Å²) in [5.74, 6) is 0.739. The Labute approximate surface area is 166 Å². The summed E-state index contributed by atoms with van der Waals surface area (Å²) in [5.41, 5.74) is 3.04. The average Bonchev–Trinajstić information content (AvgIpc) is 2.74. The van der Waals surface area contributed by atoms with Crippen LogP contribution in [0.5, 0.6) is 0 Å². The van der Waals surface area contributed by atoms with Gasteiger partial charge in [-0.1, -0.05) is 25.5 Å². The lowest BCUT2D eigenvalue weighted by Crippen LogP contribution is -2.35. The van der Waals surface area contributed by atoms with E-state index in [4.69, 9.17) is 0 Å². The van der Waals surface area contributed by atoms with Crippen LogP contribution in [0.2, 0.25) is 0 Å². The quantitative estimate of drug-likeness (QED) is 0.679. The van der Waals surface area contributed by atoms with Crippen molar-refractivity contribution in [1.82, 2.24) is 9.29 Å². The summed E-state index contributed by atoms with van der Waals surface area (Å²) >= 11 is 0. The summed E-state index contributed by atoms with van der Waals surface area (Å²) < 4.78 is 27.4. The number of aryl methyl sites for hydroxylation is 1. The van der Waals surface area contributed by atoms with Crippen molar-refractivity contribution in [3.05, 3.63) is 60.2 Å². The van der Waals surface area contributed by atoms with Crippen LogP contribution >= 0.6 is 0 Å². The Morgan fingerprint density at radius 1 is 0.964 bits per heavy atom. The number of piperidine rings is 1. The summed E-state index contributed by atoms with van der Waals surface area (Å²) in [6.45, 7) is 3.35. The molecule has 4 rings (SSSR count). The molecule has 5 nitrogen and oxygen atoms in total. The second-order valence-electron chi connectivity index (χ2n) is 7.19. The van der Waals surface area contributed by atoms with Crippen LogP contribution in [-0.2, 0) is 16.4 Å². The van der Waals surface area contributed by atoms with Crippen LogP contribution in [0, 0.1) is 0 Å². The van der Waals surface area contributed by atoms with E-state index in [0.29, 0.717) is 18.0 Å². The SMILES string of the molecule is CCc1ccc(Nc2ccc3cc(S(=O)(=O)N4CCCCC4)ccc3n2)cc1. The topological polar surface area (TPSA) is 62.3 Å². The normalized spacial score (nSPS) is 15.6. The summed E-state index contributed by atoms with van der Waals surface area (Å²) in [6, 6.07) is 17.3. The molecule has 1 fully saturated rings. The van der Waals surface area contributed by atoms with E-state index in [1.54, 1.807) is 22.5 Å². The first-order chi connectivity index (χ1) is 13.6. The maximum absolute atomic E-state index is 12.9. The zero-order valence-electron chi connectivity index (χ0n) is 16.1. The Morgan fingerprint density at radius 2 is 1.71 bits per heavy atom. The van der Waals surface area contributed by atoms with Gasteiger partial charge >= 0.3 is 0 Å². The number of pyridine rings is 1. The fourth-order valence-electron chi connectivity index (χ4n) is 3.56. The highest BCUT2D eigenvalue weighted by atomic mass is 32.2. The Bertz CT molecular complexity index is 1070. The Kier molecular flexibility index (Phi) is 5.33. The van der Waals surface area contributed by atoms with Crippen molar-refractivity contribution in [3.63, 3.8) is 0 Å². The van der Waals surface area contributed by atoms with E-state index in [2.05, 4.69) is 29.4 Å². The van der Waals surface area contributed by atoms with Gasteiger partial charge in [-0.25, -0.2) is 13.4 Å². The zero-order valence-corrected chi connectivity index (χ0v) is 16.9. The van der Waals surface area contributed by atoms with E-state index in [9.17, 15) is 8.42 Å². The molecule has 2 heterocycles. The van der Waals surface area contributed by atoms with Gasteiger partial charge < -0.3 is 5.32 Å². The maximum atomic E-state index is 12.9. The number of fused-ring (bicyclic) bond motifs is 1. The van der Waals surface area contributed by atoms with Gasteiger partial charge in [0.25, 0.3) is 0 Å². The molecule has 0 amide bonds. The second kappa shape index (κ2) is 7.89. The maximum Gasteiger partial charge on any atom is 0.243 e. The van der Waals surface area contributed by atoms with Crippen molar-refractivity contribution >= 4 is 32.4 Å². The Morgan fingerprint density at radius 3 is 2.43 bits per heavy atom. The second-order valence-corrected chi connectivity index (χ2v) is 9.13. The van der Waals surface area contributed by atoms with Gasteiger partial charge in [-0.3, -0.25) is 0 Å². The van der Waals surface area contributed by atoms with Gasteiger partial charge in [0.05, 0.1) is 10.4 Å². The minimum atomic E-state index is -3.43. The molecule has 1 aliphatic rings. The van der Waals surface area contributed by atoms with Crippen LogP contribution in [0.15, 0.2) is 59.5 Å². The van der Waals surface area contributed by atoms with Crippen molar-refractivity contribution in [3.8, 4) is 0 Å². The first-order valence-electron chi connectivity index (χ1n) is 9.83. The molecule has 0 saturated carbocycles. The van der Waals surface area contributed by atoms with E-state index < -0.39 is 10.0 Å². The molecule has 0 radical (unpaired) electrons. The molecule has 1 aliphatic heterocycles. The highest BCUT2D eigenvalue weighted by Crippen LogP contribution is 2.25. The average molecular weight is 396 g/mol.